The molecule has 0 aliphatic carbocycles. The van der Waals surface area contributed by atoms with E-state index in [4.69, 9.17) is 16.6 Å². The number of carbonyl (C=O) groups excluding carboxylic acids is 1. The molecular formula is C28H22ClN3OS. The number of rotatable bonds is 6. The highest BCUT2D eigenvalue weighted by molar-refractivity contribution is 8.00. The second kappa shape index (κ2) is 10.6. The first kappa shape index (κ1) is 23.6. The Morgan fingerprint density at radius 1 is 1.00 bits per heavy atom. The number of pyridine rings is 1. The van der Waals surface area contributed by atoms with Crippen molar-refractivity contribution in [2.24, 2.45) is 0 Å². The fourth-order valence-corrected chi connectivity index (χ4v) is 4.48. The van der Waals surface area contributed by atoms with E-state index in [0.29, 0.717) is 15.6 Å². The number of thioether (sulfide) groups is 1. The fraction of sp³-hybridized carbons (Fsp3) is 0.107. The Balaban J connectivity index is 1.72. The van der Waals surface area contributed by atoms with Gasteiger partial charge in [0.15, 0.2) is 0 Å². The van der Waals surface area contributed by atoms with Gasteiger partial charge in [0.25, 0.3) is 0 Å². The molecule has 0 saturated heterocycles. The number of halogens is 1. The number of benzene rings is 3. The first-order valence-corrected chi connectivity index (χ1v) is 12.0. The van der Waals surface area contributed by atoms with Crippen molar-refractivity contribution in [3.05, 3.63) is 101 Å². The molecule has 1 aromatic heterocycles. The lowest BCUT2D eigenvalue weighted by Crippen LogP contribution is -2.22. The Morgan fingerprint density at radius 2 is 1.68 bits per heavy atom. The van der Waals surface area contributed by atoms with Gasteiger partial charge in [-0.15, -0.1) is 0 Å². The third-order valence-corrected chi connectivity index (χ3v) is 6.64. The zero-order valence-electron chi connectivity index (χ0n) is 18.7. The van der Waals surface area contributed by atoms with Crippen LogP contribution in [0.3, 0.4) is 0 Å². The maximum atomic E-state index is 12.9. The Hall–Kier alpha value is -3.59. The lowest BCUT2D eigenvalue weighted by atomic mass is 9.99. The van der Waals surface area contributed by atoms with Gasteiger partial charge in [-0.1, -0.05) is 83.5 Å². The lowest BCUT2D eigenvalue weighted by Gasteiger charge is -2.16. The van der Waals surface area contributed by atoms with E-state index >= 15 is 0 Å². The molecule has 1 atom stereocenters. The second-order valence-corrected chi connectivity index (χ2v) is 9.60. The van der Waals surface area contributed by atoms with Gasteiger partial charge in [0, 0.05) is 21.8 Å². The number of amides is 1. The number of nitriles is 1. The highest BCUT2D eigenvalue weighted by Gasteiger charge is 2.21. The number of anilines is 1. The normalized spacial score (nSPS) is 11.5. The van der Waals surface area contributed by atoms with Crippen LogP contribution in [0.15, 0.2) is 90.0 Å². The van der Waals surface area contributed by atoms with Crippen molar-refractivity contribution in [3.8, 4) is 28.5 Å². The average Bonchev–Trinajstić information content (AvgIpc) is 2.86. The maximum Gasteiger partial charge on any atom is 0.237 e. The topological polar surface area (TPSA) is 65.8 Å². The Bertz CT molecular complexity index is 1350. The Kier molecular flexibility index (Phi) is 7.32. The molecule has 34 heavy (non-hydrogen) atoms. The predicted octanol–water partition coefficient (Wildman–Crippen LogP) is 7.37. The third kappa shape index (κ3) is 5.48. The summed E-state index contributed by atoms with van der Waals surface area (Å²) >= 11 is 7.36. The molecule has 4 aromatic rings. The summed E-state index contributed by atoms with van der Waals surface area (Å²) in [6, 6.07) is 29.0. The molecule has 0 bridgehead atoms. The molecule has 4 nitrogen and oxygen atoms in total. The number of carbonyl (C=O) groups is 1. The summed E-state index contributed by atoms with van der Waals surface area (Å²) in [7, 11) is 0. The van der Waals surface area contributed by atoms with E-state index in [1.165, 1.54) is 11.8 Å². The number of nitrogens with one attached hydrogen (secondary N) is 1. The first-order chi connectivity index (χ1) is 16.4. The molecule has 0 fully saturated rings. The van der Waals surface area contributed by atoms with Gasteiger partial charge < -0.3 is 5.32 Å². The monoisotopic (exact) mass is 483 g/mol. The molecule has 1 amide bonds. The largest absolute Gasteiger partial charge is 0.325 e. The first-order valence-electron chi connectivity index (χ1n) is 10.8. The van der Waals surface area contributed by atoms with Crippen LogP contribution in [-0.4, -0.2) is 16.1 Å². The minimum atomic E-state index is -0.468. The van der Waals surface area contributed by atoms with E-state index in [0.717, 1.165) is 33.6 Å². The van der Waals surface area contributed by atoms with Gasteiger partial charge in [-0.3, -0.25) is 4.79 Å². The van der Waals surface area contributed by atoms with E-state index < -0.39 is 5.25 Å². The van der Waals surface area contributed by atoms with Crippen LogP contribution in [0.5, 0.6) is 0 Å². The molecule has 0 saturated carbocycles. The van der Waals surface area contributed by atoms with Gasteiger partial charge in [-0.05, 0) is 49.7 Å². The summed E-state index contributed by atoms with van der Waals surface area (Å²) in [4.78, 5) is 17.7. The minimum Gasteiger partial charge on any atom is -0.325 e. The van der Waals surface area contributed by atoms with Gasteiger partial charge in [0.2, 0.25) is 5.91 Å². The average molecular weight is 484 g/mol. The number of aryl methyl sites for hydroxylation is 1. The number of nitrogens with zero attached hydrogens (tertiary/aromatic N) is 2. The molecule has 4 rings (SSSR count). The van der Waals surface area contributed by atoms with E-state index in [9.17, 15) is 10.1 Å². The van der Waals surface area contributed by atoms with E-state index in [2.05, 4.69) is 11.4 Å². The number of aromatic nitrogens is 1. The van der Waals surface area contributed by atoms with E-state index in [1.54, 1.807) is 12.1 Å². The number of hydrogen-bond acceptors (Lipinski definition) is 4. The molecule has 0 aliphatic rings. The Morgan fingerprint density at radius 3 is 2.32 bits per heavy atom. The lowest BCUT2D eigenvalue weighted by molar-refractivity contribution is -0.115. The van der Waals surface area contributed by atoms with Crippen molar-refractivity contribution in [1.82, 2.24) is 4.98 Å². The summed E-state index contributed by atoms with van der Waals surface area (Å²) in [5, 5.41) is 13.7. The molecule has 1 unspecified atom stereocenters. The minimum absolute atomic E-state index is 0.155. The van der Waals surface area contributed by atoms with E-state index in [-0.39, 0.29) is 5.91 Å². The Labute approximate surface area is 208 Å². The summed E-state index contributed by atoms with van der Waals surface area (Å²) in [5.41, 5.74) is 5.56. The van der Waals surface area contributed by atoms with Crippen LogP contribution in [0.25, 0.3) is 22.4 Å². The smallest absolute Gasteiger partial charge is 0.237 e. The third-order valence-electron chi connectivity index (χ3n) is 5.30. The van der Waals surface area contributed by atoms with Gasteiger partial charge in [-0.25, -0.2) is 4.98 Å². The maximum absolute atomic E-state index is 12.9. The highest BCUT2D eigenvalue weighted by atomic mass is 35.5. The molecule has 0 spiro atoms. The quantitative estimate of drug-likeness (QED) is 0.291. The van der Waals surface area contributed by atoms with Gasteiger partial charge in [0.05, 0.1) is 16.5 Å². The van der Waals surface area contributed by atoms with Crippen LogP contribution in [-0.2, 0) is 4.79 Å². The molecule has 6 heteroatoms. The zero-order chi connectivity index (χ0) is 24.1. The summed E-state index contributed by atoms with van der Waals surface area (Å²) < 4.78 is 0. The summed E-state index contributed by atoms with van der Waals surface area (Å²) in [6.07, 6.45) is 0. The SMILES string of the molecule is Cc1ccc(NC(=O)C(C)Sc2nc(-c3ccccc3)cc(-c3ccc(Cl)cc3)c2C#N)cc1. The van der Waals surface area contributed by atoms with Crippen LogP contribution in [0.4, 0.5) is 5.69 Å². The van der Waals surface area contributed by atoms with Crippen molar-refractivity contribution < 1.29 is 4.79 Å². The molecule has 0 aliphatic heterocycles. The van der Waals surface area contributed by atoms with Gasteiger partial charge in [0.1, 0.15) is 11.1 Å². The van der Waals surface area contributed by atoms with Crippen molar-refractivity contribution in [2.75, 3.05) is 5.32 Å². The van der Waals surface area contributed by atoms with Crippen LogP contribution in [0.2, 0.25) is 5.02 Å². The molecule has 1 N–H and O–H groups in total. The second-order valence-electron chi connectivity index (χ2n) is 7.84. The van der Waals surface area contributed by atoms with Crippen molar-refractivity contribution in [1.29, 1.82) is 5.26 Å². The molecule has 168 valence electrons. The van der Waals surface area contributed by atoms with Crippen LogP contribution < -0.4 is 5.32 Å². The summed E-state index contributed by atoms with van der Waals surface area (Å²) in [5.74, 6) is -0.155. The van der Waals surface area contributed by atoms with Crippen LogP contribution in [0, 0.1) is 18.3 Å². The van der Waals surface area contributed by atoms with Crippen LogP contribution in [0.1, 0.15) is 18.1 Å². The molecule has 3 aromatic carbocycles. The van der Waals surface area contributed by atoms with E-state index in [1.807, 2.05) is 86.6 Å². The molecule has 0 radical (unpaired) electrons. The van der Waals surface area contributed by atoms with Crippen molar-refractivity contribution in [2.45, 2.75) is 24.1 Å². The highest BCUT2D eigenvalue weighted by Crippen LogP contribution is 2.36. The van der Waals surface area contributed by atoms with Crippen LogP contribution >= 0.6 is 23.4 Å². The predicted molar refractivity (Wildman–Crippen MR) is 140 cm³/mol. The summed E-state index contributed by atoms with van der Waals surface area (Å²) in [6.45, 7) is 3.81. The zero-order valence-corrected chi connectivity index (χ0v) is 20.3. The van der Waals surface area contributed by atoms with Gasteiger partial charge in [-0.2, -0.15) is 5.26 Å². The van der Waals surface area contributed by atoms with Crippen molar-refractivity contribution in [3.63, 3.8) is 0 Å². The number of hydrogen-bond donors (Lipinski definition) is 1. The standard InChI is InChI=1S/C28H22ClN3OS/c1-18-8-14-23(15-9-18)31-27(33)19(2)34-28-25(17-30)24(20-10-12-22(29)13-11-20)16-26(32-28)21-6-4-3-5-7-21/h3-16,19H,1-2H3,(H,31,33). The fourth-order valence-electron chi connectivity index (χ4n) is 3.43. The van der Waals surface area contributed by atoms with Crippen molar-refractivity contribution >= 4 is 35.0 Å². The van der Waals surface area contributed by atoms with Gasteiger partial charge >= 0.3 is 0 Å². The molecule has 1 heterocycles. The molecular weight excluding hydrogens is 462 g/mol.